The van der Waals surface area contributed by atoms with E-state index >= 15 is 0 Å². The second-order valence-corrected chi connectivity index (χ2v) is 6.52. The first-order valence-electron chi connectivity index (χ1n) is 8.60. The van der Waals surface area contributed by atoms with Crippen LogP contribution in [-0.4, -0.2) is 32.3 Å². The number of carbonyl (C=O) groups is 1. The Kier molecular flexibility index (Phi) is 6.20. The van der Waals surface area contributed by atoms with E-state index in [0.29, 0.717) is 11.6 Å². The summed E-state index contributed by atoms with van der Waals surface area (Å²) in [4.78, 5) is 14.3. The molecule has 1 aliphatic heterocycles. The SMILES string of the molecule is Cc1c(Cl)cccc1NNC(=O)NCc1ccc(N2CCOCC2)cc1. The van der Waals surface area contributed by atoms with Crippen LogP contribution in [0.2, 0.25) is 5.02 Å². The number of hydrogen-bond acceptors (Lipinski definition) is 4. The van der Waals surface area contributed by atoms with E-state index in [2.05, 4.69) is 33.2 Å². The van der Waals surface area contributed by atoms with E-state index in [4.69, 9.17) is 16.3 Å². The van der Waals surface area contributed by atoms with Gasteiger partial charge in [0.05, 0.1) is 18.9 Å². The number of nitrogens with zero attached hydrogens (tertiary/aromatic N) is 1. The molecule has 2 aromatic rings. The normalized spacial score (nSPS) is 14.0. The first-order chi connectivity index (χ1) is 12.6. The molecule has 0 bridgehead atoms. The number of urea groups is 1. The molecule has 2 aromatic carbocycles. The Morgan fingerprint density at radius 1 is 1.15 bits per heavy atom. The van der Waals surface area contributed by atoms with Crippen LogP contribution in [0.4, 0.5) is 16.2 Å². The average Bonchev–Trinajstić information content (AvgIpc) is 2.68. The van der Waals surface area contributed by atoms with Crippen molar-refractivity contribution in [2.24, 2.45) is 0 Å². The van der Waals surface area contributed by atoms with Crippen molar-refractivity contribution < 1.29 is 9.53 Å². The molecular weight excluding hydrogens is 352 g/mol. The summed E-state index contributed by atoms with van der Waals surface area (Å²) >= 11 is 6.06. The van der Waals surface area contributed by atoms with Gasteiger partial charge < -0.3 is 15.0 Å². The molecule has 26 heavy (non-hydrogen) atoms. The third-order valence-electron chi connectivity index (χ3n) is 4.34. The minimum atomic E-state index is -0.304. The van der Waals surface area contributed by atoms with E-state index in [9.17, 15) is 4.79 Å². The van der Waals surface area contributed by atoms with Crippen LogP contribution in [0.1, 0.15) is 11.1 Å². The van der Waals surface area contributed by atoms with Crippen molar-refractivity contribution >= 4 is 29.0 Å². The highest BCUT2D eigenvalue weighted by atomic mass is 35.5. The highest BCUT2D eigenvalue weighted by Crippen LogP contribution is 2.22. The maximum Gasteiger partial charge on any atom is 0.333 e. The molecule has 7 heteroatoms. The molecule has 1 fully saturated rings. The van der Waals surface area contributed by atoms with E-state index < -0.39 is 0 Å². The van der Waals surface area contributed by atoms with Crippen molar-refractivity contribution in [1.82, 2.24) is 10.7 Å². The molecule has 138 valence electrons. The predicted molar refractivity (Wildman–Crippen MR) is 105 cm³/mol. The number of anilines is 2. The quantitative estimate of drug-likeness (QED) is 0.702. The Hall–Kier alpha value is -2.44. The molecule has 3 N–H and O–H groups in total. The van der Waals surface area contributed by atoms with Crippen molar-refractivity contribution in [3.63, 3.8) is 0 Å². The fourth-order valence-electron chi connectivity index (χ4n) is 2.74. The van der Waals surface area contributed by atoms with Crippen molar-refractivity contribution in [3.05, 3.63) is 58.6 Å². The van der Waals surface area contributed by atoms with Gasteiger partial charge in [-0.1, -0.05) is 29.8 Å². The van der Waals surface area contributed by atoms with Gasteiger partial charge in [0, 0.05) is 30.3 Å². The maximum absolute atomic E-state index is 12.0. The fourth-order valence-corrected chi connectivity index (χ4v) is 2.91. The molecule has 0 spiro atoms. The van der Waals surface area contributed by atoms with E-state index in [1.54, 1.807) is 0 Å². The Bertz CT molecular complexity index is 746. The number of ether oxygens (including phenoxy) is 1. The Morgan fingerprint density at radius 2 is 1.88 bits per heavy atom. The van der Waals surface area contributed by atoms with Crippen LogP contribution in [0.3, 0.4) is 0 Å². The molecule has 1 heterocycles. The molecule has 1 saturated heterocycles. The topological polar surface area (TPSA) is 65.6 Å². The third kappa shape index (κ3) is 4.80. The summed E-state index contributed by atoms with van der Waals surface area (Å²) in [7, 11) is 0. The lowest BCUT2D eigenvalue weighted by Gasteiger charge is -2.28. The summed E-state index contributed by atoms with van der Waals surface area (Å²) < 4.78 is 5.37. The lowest BCUT2D eigenvalue weighted by molar-refractivity contribution is 0.122. The van der Waals surface area contributed by atoms with Gasteiger partial charge in [0.1, 0.15) is 0 Å². The van der Waals surface area contributed by atoms with Crippen LogP contribution in [0.25, 0.3) is 0 Å². The lowest BCUT2D eigenvalue weighted by atomic mass is 10.2. The van der Waals surface area contributed by atoms with Gasteiger partial charge in [-0.15, -0.1) is 0 Å². The van der Waals surface area contributed by atoms with Gasteiger partial charge in [0.15, 0.2) is 0 Å². The van der Waals surface area contributed by atoms with Crippen molar-refractivity contribution in [2.45, 2.75) is 13.5 Å². The minimum Gasteiger partial charge on any atom is -0.378 e. The summed E-state index contributed by atoms with van der Waals surface area (Å²) in [6.45, 7) is 5.69. The Balaban J connectivity index is 1.46. The number of morpholine rings is 1. The first kappa shape index (κ1) is 18.4. The smallest absolute Gasteiger partial charge is 0.333 e. The van der Waals surface area contributed by atoms with E-state index in [0.717, 1.165) is 43.1 Å². The average molecular weight is 375 g/mol. The van der Waals surface area contributed by atoms with Crippen LogP contribution in [0.15, 0.2) is 42.5 Å². The molecule has 2 amide bonds. The van der Waals surface area contributed by atoms with E-state index in [-0.39, 0.29) is 6.03 Å². The highest BCUT2D eigenvalue weighted by Gasteiger charge is 2.11. The standard InChI is InChI=1S/C19H23ClN4O2/c1-14-17(20)3-2-4-18(14)22-23-19(25)21-13-15-5-7-16(8-6-15)24-9-11-26-12-10-24/h2-8,22H,9-13H2,1H3,(H2,21,23,25). The molecule has 0 radical (unpaired) electrons. The number of halogens is 1. The highest BCUT2D eigenvalue weighted by molar-refractivity contribution is 6.31. The van der Waals surface area contributed by atoms with E-state index in [1.807, 2.05) is 37.3 Å². The Labute approximate surface area is 158 Å². The molecule has 0 saturated carbocycles. The number of hydrazine groups is 1. The molecule has 0 aromatic heterocycles. The second-order valence-electron chi connectivity index (χ2n) is 6.11. The van der Waals surface area contributed by atoms with Gasteiger partial charge in [-0.05, 0) is 42.3 Å². The number of carbonyl (C=O) groups excluding carboxylic acids is 1. The van der Waals surface area contributed by atoms with Crippen molar-refractivity contribution in [3.8, 4) is 0 Å². The molecule has 0 aliphatic carbocycles. The summed E-state index contributed by atoms with van der Waals surface area (Å²) in [6.07, 6.45) is 0. The number of benzene rings is 2. The molecule has 0 unspecified atom stereocenters. The second kappa shape index (κ2) is 8.78. The maximum atomic E-state index is 12.0. The van der Waals surface area contributed by atoms with Crippen LogP contribution in [0, 0.1) is 6.92 Å². The van der Waals surface area contributed by atoms with Crippen LogP contribution >= 0.6 is 11.6 Å². The summed E-state index contributed by atoms with van der Waals surface area (Å²) in [5, 5.41) is 3.47. The summed E-state index contributed by atoms with van der Waals surface area (Å²) in [5.74, 6) is 0. The van der Waals surface area contributed by atoms with Crippen LogP contribution in [0.5, 0.6) is 0 Å². The van der Waals surface area contributed by atoms with Crippen LogP contribution < -0.4 is 21.1 Å². The zero-order chi connectivity index (χ0) is 18.4. The molecule has 0 atom stereocenters. The fraction of sp³-hybridized carbons (Fsp3) is 0.316. The monoisotopic (exact) mass is 374 g/mol. The molecule has 3 rings (SSSR count). The van der Waals surface area contributed by atoms with Gasteiger partial charge in [0.25, 0.3) is 0 Å². The summed E-state index contributed by atoms with van der Waals surface area (Å²) in [5.41, 5.74) is 9.36. The van der Waals surface area contributed by atoms with Gasteiger partial charge in [0.2, 0.25) is 0 Å². The van der Waals surface area contributed by atoms with Crippen molar-refractivity contribution in [2.75, 3.05) is 36.6 Å². The lowest BCUT2D eigenvalue weighted by Crippen LogP contribution is -2.38. The Morgan fingerprint density at radius 3 is 2.62 bits per heavy atom. The predicted octanol–water partition coefficient (Wildman–Crippen LogP) is 3.31. The molecule has 1 aliphatic rings. The number of amides is 2. The van der Waals surface area contributed by atoms with Crippen LogP contribution in [-0.2, 0) is 11.3 Å². The van der Waals surface area contributed by atoms with E-state index in [1.165, 1.54) is 5.69 Å². The van der Waals surface area contributed by atoms with Gasteiger partial charge >= 0.3 is 6.03 Å². The zero-order valence-corrected chi connectivity index (χ0v) is 15.5. The van der Waals surface area contributed by atoms with Gasteiger partial charge in [-0.25, -0.2) is 4.79 Å². The summed E-state index contributed by atoms with van der Waals surface area (Å²) in [6, 6.07) is 13.4. The number of hydrogen-bond donors (Lipinski definition) is 3. The minimum absolute atomic E-state index is 0.304. The first-order valence-corrected chi connectivity index (χ1v) is 8.98. The zero-order valence-electron chi connectivity index (χ0n) is 14.7. The van der Waals surface area contributed by atoms with Gasteiger partial charge in [-0.2, -0.15) is 0 Å². The molecule has 6 nitrogen and oxygen atoms in total. The molecular formula is C19H23ClN4O2. The largest absolute Gasteiger partial charge is 0.378 e. The van der Waals surface area contributed by atoms with Crippen molar-refractivity contribution in [1.29, 1.82) is 0 Å². The van der Waals surface area contributed by atoms with Gasteiger partial charge in [-0.3, -0.25) is 10.9 Å². The number of rotatable bonds is 5. The third-order valence-corrected chi connectivity index (χ3v) is 4.75. The number of nitrogens with one attached hydrogen (secondary N) is 3.